The van der Waals surface area contributed by atoms with Gasteiger partial charge in [0.05, 0.1) is 21.8 Å². The van der Waals surface area contributed by atoms with Gasteiger partial charge in [0.25, 0.3) is 11.5 Å². The number of allylic oxidation sites excluding steroid dienone is 1. The first-order valence-corrected chi connectivity index (χ1v) is 14.4. The summed E-state index contributed by atoms with van der Waals surface area (Å²) in [6, 6.07) is 12.0. The zero-order chi connectivity index (χ0) is 27.7. The molecule has 4 aromatic rings. The Hall–Kier alpha value is -3.47. The number of carbonyl (C=O) groups excluding carboxylic acids is 1. The normalized spacial score (nSPS) is 15.3. The predicted molar refractivity (Wildman–Crippen MR) is 153 cm³/mol. The number of hydrogen-bond donors (Lipinski definition) is 0. The van der Waals surface area contributed by atoms with E-state index < -0.39 is 6.04 Å². The molecule has 1 atom stereocenters. The molecule has 0 fully saturated rings. The van der Waals surface area contributed by atoms with Crippen molar-refractivity contribution < 1.29 is 9.21 Å². The molecule has 1 amide bonds. The summed E-state index contributed by atoms with van der Waals surface area (Å²) in [6.07, 6.45) is 3.41. The Kier molecular flexibility index (Phi) is 7.88. The minimum atomic E-state index is -0.630. The topological polar surface area (TPSA) is 93.6 Å². The Morgan fingerprint density at radius 3 is 2.59 bits per heavy atom. The summed E-state index contributed by atoms with van der Waals surface area (Å²) in [5.74, 6) is 0.384. The molecule has 0 N–H and O–H groups in total. The zero-order valence-corrected chi connectivity index (χ0v) is 24.2. The van der Waals surface area contributed by atoms with Crippen molar-refractivity contribution in [3.05, 3.63) is 102 Å². The Morgan fingerprint density at radius 2 is 1.90 bits per heavy atom. The largest absolute Gasteiger partial charge is 0.450 e. The van der Waals surface area contributed by atoms with Gasteiger partial charge in [-0.3, -0.25) is 14.2 Å². The van der Waals surface area contributed by atoms with Gasteiger partial charge in [0.2, 0.25) is 0 Å². The molecule has 1 aromatic carbocycles. The van der Waals surface area contributed by atoms with Crippen LogP contribution in [0.3, 0.4) is 0 Å². The fourth-order valence-corrected chi connectivity index (χ4v) is 6.31. The summed E-state index contributed by atoms with van der Waals surface area (Å²) < 4.78 is 8.01. The van der Waals surface area contributed by atoms with E-state index in [1.54, 1.807) is 39.9 Å². The van der Waals surface area contributed by atoms with Crippen LogP contribution in [0.2, 0.25) is 5.02 Å². The molecule has 3 aromatic heterocycles. The second kappa shape index (κ2) is 11.3. The Bertz CT molecular complexity index is 1750. The van der Waals surface area contributed by atoms with Gasteiger partial charge in [-0.1, -0.05) is 35.1 Å². The van der Waals surface area contributed by atoms with Crippen LogP contribution in [0, 0.1) is 6.92 Å². The number of likely N-dealkylation sites (N-methyl/N-ethyl adjacent to an activating group) is 1. The number of amides is 1. The van der Waals surface area contributed by atoms with Crippen molar-refractivity contribution in [2.75, 3.05) is 13.1 Å². The highest BCUT2D eigenvalue weighted by molar-refractivity contribution is 7.99. The van der Waals surface area contributed by atoms with Crippen LogP contribution in [0.5, 0.6) is 0 Å². The maximum absolute atomic E-state index is 13.8. The Balaban J connectivity index is 1.59. The van der Waals surface area contributed by atoms with Crippen molar-refractivity contribution in [2.45, 2.75) is 44.0 Å². The first kappa shape index (κ1) is 27.1. The molecule has 0 radical (unpaired) electrons. The number of furan rings is 1. The van der Waals surface area contributed by atoms with E-state index >= 15 is 0 Å². The standard InChI is InChI=1S/C28H26ClN5O3S2/c1-5-33(6-2)26(36)23-17(4)32-28-34(24(23)18-7-9-19(29)10-8-18)25(35)21(38-28)15-20-11-12-22(37-20)39-27-30-14-13-16(3)31-27/h7-15,24H,5-6H2,1-4H3/b21-15-/t24-/m1/s1. The van der Waals surface area contributed by atoms with Gasteiger partial charge in [-0.25, -0.2) is 15.0 Å². The average molecular weight is 580 g/mol. The molecule has 5 rings (SSSR count). The van der Waals surface area contributed by atoms with Gasteiger partial charge in [0.1, 0.15) is 5.76 Å². The second-order valence-electron chi connectivity index (χ2n) is 8.85. The molecule has 0 saturated carbocycles. The fraction of sp³-hybridized carbons (Fsp3) is 0.250. The molecule has 0 aliphatic carbocycles. The van der Waals surface area contributed by atoms with Crippen LogP contribution in [-0.2, 0) is 4.79 Å². The predicted octanol–water partition coefficient (Wildman–Crippen LogP) is 4.60. The van der Waals surface area contributed by atoms with E-state index in [1.807, 2.05) is 52.0 Å². The molecule has 0 spiro atoms. The minimum absolute atomic E-state index is 0.137. The van der Waals surface area contributed by atoms with Gasteiger partial charge in [-0.2, -0.15) is 0 Å². The third-order valence-electron chi connectivity index (χ3n) is 6.33. The third kappa shape index (κ3) is 5.50. The fourth-order valence-electron chi connectivity index (χ4n) is 4.40. The molecule has 39 heavy (non-hydrogen) atoms. The Labute approximate surface area is 238 Å². The van der Waals surface area contributed by atoms with Crippen LogP contribution >= 0.6 is 34.7 Å². The highest BCUT2D eigenvalue weighted by Gasteiger charge is 2.34. The lowest BCUT2D eigenvalue weighted by Gasteiger charge is -2.29. The van der Waals surface area contributed by atoms with Gasteiger partial charge in [0.15, 0.2) is 15.1 Å². The van der Waals surface area contributed by atoms with E-state index in [2.05, 4.69) is 9.97 Å². The van der Waals surface area contributed by atoms with Crippen molar-refractivity contribution in [3.8, 4) is 0 Å². The van der Waals surface area contributed by atoms with Gasteiger partial charge in [-0.05, 0) is 75.4 Å². The SMILES string of the molecule is CCN(CC)C(=O)C1=C(C)N=c2s/c(=C\c3ccc(Sc4nccc(C)n4)o3)c(=O)n2[C@@H]1c1ccc(Cl)cc1. The molecular formula is C28H26ClN5O3S2. The summed E-state index contributed by atoms with van der Waals surface area (Å²) in [6.45, 7) is 8.70. The van der Waals surface area contributed by atoms with Crippen LogP contribution in [-0.4, -0.2) is 38.4 Å². The number of aromatic nitrogens is 3. The molecule has 8 nitrogen and oxygen atoms in total. The molecule has 11 heteroatoms. The summed E-state index contributed by atoms with van der Waals surface area (Å²) in [7, 11) is 0. The summed E-state index contributed by atoms with van der Waals surface area (Å²) in [5.41, 5.74) is 2.48. The van der Waals surface area contributed by atoms with Gasteiger partial charge in [-0.15, -0.1) is 0 Å². The quantitative estimate of drug-likeness (QED) is 0.297. The number of rotatable bonds is 7. The molecule has 0 saturated heterocycles. The lowest BCUT2D eigenvalue weighted by atomic mass is 9.94. The van der Waals surface area contributed by atoms with E-state index in [9.17, 15) is 9.59 Å². The van der Waals surface area contributed by atoms with E-state index in [4.69, 9.17) is 21.0 Å². The van der Waals surface area contributed by atoms with E-state index in [1.165, 1.54) is 23.1 Å². The molecule has 4 heterocycles. The minimum Gasteiger partial charge on any atom is -0.450 e. The lowest BCUT2D eigenvalue weighted by Crippen LogP contribution is -2.43. The van der Waals surface area contributed by atoms with E-state index in [0.29, 0.717) is 54.7 Å². The van der Waals surface area contributed by atoms with Crippen LogP contribution in [0.15, 0.2) is 84.4 Å². The number of benzene rings is 1. The maximum atomic E-state index is 13.8. The van der Waals surface area contributed by atoms with Crippen LogP contribution in [0.25, 0.3) is 6.08 Å². The highest BCUT2D eigenvalue weighted by atomic mass is 35.5. The second-order valence-corrected chi connectivity index (χ2v) is 11.3. The number of aryl methyl sites for hydroxylation is 1. The molecular weight excluding hydrogens is 554 g/mol. The van der Waals surface area contributed by atoms with Crippen LogP contribution < -0.4 is 14.9 Å². The highest BCUT2D eigenvalue weighted by Crippen LogP contribution is 2.32. The summed E-state index contributed by atoms with van der Waals surface area (Å²) >= 11 is 8.73. The number of carbonyl (C=O) groups is 1. The third-order valence-corrected chi connectivity index (χ3v) is 8.36. The number of halogens is 1. The van der Waals surface area contributed by atoms with Crippen molar-refractivity contribution in [3.63, 3.8) is 0 Å². The first-order valence-electron chi connectivity index (χ1n) is 12.4. The molecule has 1 aliphatic rings. The monoisotopic (exact) mass is 579 g/mol. The summed E-state index contributed by atoms with van der Waals surface area (Å²) in [4.78, 5) is 43.1. The summed E-state index contributed by atoms with van der Waals surface area (Å²) in [5, 5.41) is 1.77. The van der Waals surface area contributed by atoms with Crippen molar-refractivity contribution in [2.24, 2.45) is 4.99 Å². The smallest absolute Gasteiger partial charge is 0.271 e. The van der Waals surface area contributed by atoms with Gasteiger partial charge < -0.3 is 9.32 Å². The maximum Gasteiger partial charge on any atom is 0.271 e. The number of hydrogen-bond acceptors (Lipinski definition) is 8. The molecule has 0 bridgehead atoms. The van der Waals surface area contributed by atoms with Crippen molar-refractivity contribution in [1.29, 1.82) is 0 Å². The van der Waals surface area contributed by atoms with Gasteiger partial charge in [0, 0.05) is 36.1 Å². The van der Waals surface area contributed by atoms with E-state index in [-0.39, 0.29) is 11.5 Å². The molecule has 200 valence electrons. The molecule has 0 unspecified atom stereocenters. The Morgan fingerprint density at radius 1 is 1.15 bits per heavy atom. The van der Waals surface area contributed by atoms with Crippen LogP contribution in [0.4, 0.5) is 0 Å². The first-order chi connectivity index (χ1) is 18.8. The number of thiazole rings is 1. The van der Waals surface area contributed by atoms with Gasteiger partial charge >= 0.3 is 0 Å². The zero-order valence-electron chi connectivity index (χ0n) is 21.8. The van der Waals surface area contributed by atoms with Crippen molar-refractivity contribution in [1.82, 2.24) is 19.4 Å². The number of fused-ring (bicyclic) bond motifs is 1. The molecule has 1 aliphatic heterocycles. The average Bonchev–Trinajstić information content (AvgIpc) is 3.47. The lowest BCUT2D eigenvalue weighted by molar-refractivity contribution is -0.127. The van der Waals surface area contributed by atoms with E-state index in [0.717, 1.165) is 11.3 Å². The number of nitrogens with zero attached hydrogens (tertiary/aromatic N) is 5. The van der Waals surface area contributed by atoms with Crippen LogP contribution in [0.1, 0.15) is 43.8 Å². The van der Waals surface area contributed by atoms with Crippen molar-refractivity contribution >= 4 is 46.7 Å².